The molecule has 0 fully saturated rings. The minimum absolute atomic E-state index is 0.507. The number of nitrogens with zero attached hydrogens (tertiary/aromatic N) is 2. The summed E-state index contributed by atoms with van der Waals surface area (Å²) in [5.74, 6) is 0. The van der Waals surface area contributed by atoms with Gasteiger partial charge in [-0.05, 0) is 50.2 Å². The van der Waals surface area contributed by atoms with E-state index in [4.69, 9.17) is 11.6 Å². The highest BCUT2D eigenvalue weighted by molar-refractivity contribution is 6.37. The monoisotopic (exact) mass is 365 g/mol. The van der Waals surface area contributed by atoms with Crippen molar-refractivity contribution in [2.45, 2.75) is 20.1 Å². The highest BCUT2D eigenvalue weighted by atomic mass is 35.5. The Hall–Kier alpha value is -2.36. The lowest BCUT2D eigenvalue weighted by atomic mass is 9.98. The number of hydrogen-bond acceptors (Lipinski definition) is 2. The molecule has 3 nitrogen and oxygen atoms in total. The Balaban J connectivity index is 1.83. The summed E-state index contributed by atoms with van der Waals surface area (Å²) >= 11 is 6.41. The van der Waals surface area contributed by atoms with Gasteiger partial charge in [0.1, 0.15) is 13.3 Å². The van der Waals surface area contributed by atoms with Gasteiger partial charge < -0.3 is 10.0 Å². The number of halogens is 1. The number of aliphatic hydroxyl groups excluding tert-OH is 1. The molecule has 0 aliphatic carbocycles. The summed E-state index contributed by atoms with van der Waals surface area (Å²) in [4.78, 5) is 1.96. The zero-order chi connectivity index (χ0) is 18.4. The van der Waals surface area contributed by atoms with E-state index in [1.165, 1.54) is 22.3 Å². The fraction of sp³-hybridized carbons (Fsp3) is 0.227. The van der Waals surface area contributed by atoms with Crippen LogP contribution in [0.1, 0.15) is 25.0 Å². The molecule has 0 saturated carbocycles. The quantitative estimate of drug-likeness (QED) is 0.532. The summed E-state index contributed by atoms with van der Waals surface area (Å²) in [7, 11) is 2.10. The molecule has 1 heterocycles. The topological polar surface area (TPSA) is 26.5 Å². The van der Waals surface area contributed by atoms with Crippen LogP contribution in [0.15, 0.2) is 54.6 Å². The van der Waals surface area contributed by atoms with Gasteiger partial charge in [-0.25, -0.2) is 0 Å². The summed E-state index contributed by atoms with van der Waals surface area (Å²) in [6, 6.07) is 18.7. The van der Waals surface area contributed by atoms with Crippen molar-refractivity contribution in [2.24, 2.45) is 0 Å². The third-order valence-corrected chi connectivity index (χ3v) is 5.51. The number of rotatable bonds is 4. The molecule has 132 valence electrons. The minimum atomic E-state index is -0.507. The molecule has 4 heteroatoms. The smallest absolute Gasteiger partial charge is 0.220 e. The van der Waals surface area contributed by atoms with Crippen LogP contribution in [0, 0.1) is 0 Å². The lowest BCUT2D eigenvalue weighted by molar-refractivity contribution is -0.399. The molecule has 1 unspecified atom stereocenters. The second kappa shape index (κ2) is 6.42. The van der Waals surface area contributed by atoms with Gasteiger partial charge in [0.25, 0.3) is 0 Å². The molecule has 1 N–H and O–H groups in total. The van der Waals surface area contributed by atoms with Gasteiger partial charge in [0.15, 0.2) is 0 Å². The van der Waals surface area contributed by atoms with Gasteiger partial charge in [0.05, 0.1) is 10.9 Å². The van der Waals surface area contributed by atoms with Crippen LogP contribution in [-0.2, 0) is 0 Å². The first-order valence-corrected chi connectivity index (χ1v) is 9.28. The Labute approximate surface area is 158 Å². The zero-order valence-corrected chi connectivity index (χ0v) is 16.0. The lowest BCUT2D eigenvalue weighted by Gasteiger charge is -2.26. The molecule has 3 aromatic carbocycles. The van der Waals surface area contributed by atoms with Crippen LogP contribution in [0.5, 0.6) is 0 Å². The molecule has 0 amide bonds. The fourth-order valence-electron chi connectivity index (χ4n) is 3.95. The predicted octanol–water partition coefficient (Wildman–Crippen LogP) is 4.78. The molecule has 1 aliphatic heterocycles. The van der Waals surface area contributed by atoms with E-state index in [0.29, 0.717) is 0 Å². The van der Waals surface area contributed by atoms with Crippen molar-refractivity contribution >= 4 is 39.5 Å². The minimum Gasteiger partial charge on any atom is -0.374 e. The van der Waals surface area contributed by atoms with Crippen LogP contribution in [0.2, 0.25) is 5.02 Å². The zero-order valence-electron chi connectivity index (χ0n) is 15.2. The lowest BCUT2D eigenvalue weighted by Crippen LogP contribution is -2.32. The second-order valence-electron chi connectivity index (χ2n) is 6.67. The summed E-state index contributed by atoms with van der Waals surface area (Å²) in [6.45, 7) is 4.59. The molecular formula is C22H22ClN2O+. The average Bonchev–Trinajstić information content (AvgIpc) is 2.92. The first kappa shape index (κ1) is 17.1. The summed E-state index contributed by atoms with van der Waals surface area (Å²) in [6.07, 6.45) is -0.507. The Bertz CT molecular complexity index is 1020. The van der Waals surface area contributed by atoms with E-state index in [2.05, 4.69) is 60.2 Å². The van der Waals surface area contributed by atoms with E-state index < -0.39 is 6.23 Å². The maximum atomic E-state index is 9.93. The molecule has 0 saturated heterocycles. The summed E-state index contributed by atoms with van der Waals surface area (Å²) in [5.41, 5.74) is 5.74. The van der Waals surface area contributed by atoms with Crippen LogP contribution < -0.4 is 4.90 Å². The summed E-state index contributed by atoms with van der Waals surface area (Å²) < 4.78 is 2.23. The molecule has 0 bridgehead atoms. The van der Waals surface area contributed by atoms with Gasteiger partial charge in [-0.2, -0.15) is 4.58 Å². The van der Waals surface area contributed by atoms with Gasteiger partial charge in [-0.1, -0.05) is 23.7 Å². The van der Waals surface area contributed by atoms with Gasteiger partial charge in [0, 0.05) is 34.3 Å². The van der Waals surface area contributed by atoms with Crippen LogP contribution in [-0.4, -0.2) is 35.2 Å². The average molecular weight is 366 g/mol. The Kier molecular flexibility index (Phi) is 4.22. The van der Waals surface area contributed by atoms with Gasteiger partial charge in [-0.15, -0.1) is 0 Å². The first-order chi connectivity index (χ1) is 12.5. The van der Waals surface area contributed by atoms with E-state index in [1.54, 1.807) is 6.92 Å². The van der Waals surface area contributed by atoms with E-state index in [-0.39, 0.29) is 0 Å². The maximum absolute atomic E-state index is 9.93. The molecule has 4 rings (SSSR count). The second-order valence-corrected chi connectivity index (χ2v) is 7.07. The molecule has 1 aliphatic rings. The van der Waals surface area contributed by atoms with E-state index in [1.807, 2.05) is 17.9 Å². The van der Waals surface area contributed by atoms with E-state index >= 15 is 0 Å². The predicted molar refractivity (Wildman–Crippen MR) is 109 cm³/mol. The van der Waals surface area contributed by atoms with Gasteiger partial charge in [-0.3, -0.25) is 0 Å². The number of aliphatic hydroxyl groups is 1. The normalized spacial score (nSPS) is 14.2. The first-order valence-electron chi connectivity index (χ1n) is 8.90. The molecule has 0 aromatic heterocycles. The Morgan fingerprint density at radius 3 is 2.46 bits per heavy atom. The SMILES string of the molecule is CCN(c1ccc(C2=[N+](C)c3ccc(Cl)c4cccc2c34)cc1)C(C)O. The molecule has 26 heavy (non-hydrogen) atoms. The van der Waals surface area contributed by atoms with Crippen molar-refractivity contribution in [1.82, 2.24) is 0 Å². The van der Waals surface area contributed by atoms with Crippen LogP contribution in [0.3, 0.4) is 0 Å². The van der Waals surface area contributed by atoms with Crippen LogP contribution in [0.4, 0.5) is 11.4 Å². The molecule has 1 atom stereocenters. The third-order valence-electron chi connectivity index (χ3n) is 5.18. The van der Waals surface area contributed by atoms with E-state index in [0.717, 1.165) is 28.2 Å². The molecule has 3 aromatic rings. The molecule has 0 radical (unpaired) electrons. The number of anilines is 1. The Morgan fingerprint density at radius 1 is 1.08 bits per heavy atom. The fourth-order valence-corrected chi connectivity index (χ4v) is 4.17. The van der Waals surface area contributed by atoms with Crippen molar-refractivity contribution in [2.75, 3.05) is 18.5 Å². The highest BCUT2D eigenvalue weighted by Crippen LogP contribution is 2.39. The standard InChI is InChI=1S/C22H22ClN2O/c1-4-25(14(2)26)16-10-8-15(9-11-16)22-18-7-5-6-17-19(23)12-13-20(21(17)18)24(22)3/h5-14,26H,4H2,1-3H3/q+1. The third kappa shape index (κ3) is 2.51. The van der Waals surface area contributed by atoms with Crippen molar-refractivity contribution in [1.29, 1.82) is 0 Å². The maximum Gasteiger partial charge on any atom is 0.220 e. The van der Waals surface area contributed by atoms with Crippen molar-refractivity contribution in [3.63, 3.8) is 0 Å². The Morgan fingerprint density at radius 2 is 1.81 bits per heavy atom. The van der Waals surface area contributed by atoms with E-state index in [9.17, 15) is 5.11 Å². The van der Waals surface area contributed by atoms with Gasteiger partial charge >= 0.3 is 0 Å². The van der Waals surface area contributed by atoms with Gasteiger partial charge in [0.2, 0.25) is 11.4 Å². The van der Waals surface area contributed by atoms with Crippen molar-refractivity contribution in [3.8, 4) is 0 Å². The summed E-state index contributed by atoms with van der Waals surface area (Å²) in [5, 5.41) is 13.0. The van der Waals surface area contributed by atoms with Crippen LogP contribution in [0.25, 0.3) is 10.8 Å². The largest absolute Gasteiger partial charge is 0.374 e. The van der Waals surface area contributed by atoms with Crippen molar-refractivity contribution < 1.29 is 9.68 Å². The van der Waals surface area contributed by atoms with Crippen LogP contribution >= 0.6 is 11.6 Å². The number of benzene rings is 3. The number of hydrogen-bond donors (Lipinski definition) is 1. The van der Waals surface area contributed by atoms with Crippen molar-refractivity contribution in [3.05, 3.63) is 70.7 Å². The molecule has 0 spiro atoms. The molecular weight excluding hydrogens is 344 g/mol. The highest BCUT2D eigenvalue weighted by Gasteiger charge is 2.31.